The average molecular weight is 304 g/mol. The SMILES string of the molecule is COc1c(N)ncnc1N1CCCC(Cc2noc(C)n2)C1. The van der Waals surface area contributed by atoms with Crippen molar-refractivity contribution in [2.75, 3.05) is 30.8 Å². The molecule has 0 aromatic carbocycles. The van der Waals surface area contributed by atoms with Gasteiger partial charge in [0.2, 0.25) is 11.6 Å². The molecular weight excluding hydrogens is 284 g/mol. The number of aryl methyl sites for hydroxylation is 1. The van der Waals surface area contributed by atoms with Gasteiger partial charge in [-0.05, 0) is 18.8 Å². The number of hydrogen-bond donors (Lipinski definition) is 1. The molecule has 1 aliphatic rings. The van der Waals surface area contributed by atoms with E-state index in [1.165, 1.54) is 6.33 Å². The lowest BCUT2D eigenvalue weighted by Gasteiger charge is -2.33. The minimum atomic E-state index is 0.364. The highest BCUT2D eigenvalue weighted by molar-refractivity contribution is 5.62. The van der Waals surface area contributed by atoms with Gasteiger partial charge in [-0.25, -0.2) is 9.97 Å². The number of ether oxygens (including phenoxy) is 1. The van der Waals surface area contributed by atoms with E-state index in [2.05, 4.69) is 25.0 Å². The van der Waals surface area contributed by atoms with Crippen LogP contribution in [0.1, 0.15) is 24.6 Å². The summed E-state index contributed by atoms with van der Waals surface area (Å²) in [7, 11) is 1.59. The maximum atomic E-state index is 5.86. The quantitative estimate of drug-likeness (QED) is 0.899. The van der Waals surface area contributed by atoms with E-state index in [1.807, 2.05) is 0 Å². The van der Waals surface area contributed by atoms with E-state index in [1.54, 1.807) is 14.0 Å². The summed E-state index contributed by atoms with van der Waals surface area (Å²) in [6, 6.07) is 0. The van der Waals surface area contributed by atoms with Crippen LogP contribution in [0.5, 0.6) is 5.75 Å². The third-order valence-corrected chi connectivity index (χ3v) is 3.88. The molecule has 1 unspecified atom stereocenters. The Labute approximate surface area is 128 Å². The molecule has 2 aromatic rings. The second kappa shape index (κ2) is 6.17. The van der Waals surface area contributed by atoms with Crippen molar-refractivity contribution in [2.45, 2.75) is 26.2 Å². The first-order valence-corrected chi connectivity index (χ1v) is 7.36. The van der Waals surface area contributed by atoms with E-state index >= 15 is 0 Å². The highest BCUT2D eigenvalue weighted by Gasteiger charge is 2.25. The summed E-state index contributed by atoms with van der Waals surface area (Å²) in [5, 5.41) is 3.98. The van der Waals surface area contributed by atoms with Crippen LogP contribution in [0.25, 0.3) is 0 Å². The Morgan fingerprint density at radius 2 is 2.32 bits per heavy atom. The molecule has 3 rings (SSSR count). The van der Waals surface area contributed by atoms with Crippen LogP contribution in [0.15, 0.2) is 10.9 Å². The fourth-order valence-corrected chi connectivity index (χ4v) is 2.91. The van der Waals surface area contributed by atoms with Crippen molar-refractivity contribution in [1.29, 1.82) is 0 Å². The topological polar surface area (TPSA) is 103 Å². The molecule has 0 amide bonds. The van der Waals surface area contributed by atoms with E-state index < -0.39 is 0 Å². The Morgan fingerprint density at radius 1 is 1.45 bits per heavy atom. The second-order valence-corrected chi connectivity index (χ2v) is 5.50. The van der Waals surface area contributed by atoms with Crippen molar-refractivity contribution in [3.8, 4) is 5.75 Å². The van der Waals surface area contributed by atoms with Gasteiger partial charge in [0.1, 0.15) is 6.33 Å². The Kier molecular flexibility index (Phi) is 4.08. The zero-order valence-corrected chi connectivity index (χ0v) is 12.8. The number of nitrogens with two attached hydrogens (primary N) is 1. The molecule has 0 spiro atoms. The fourth-order valence-electron chi connectivity index (χ4n) is 2.91. The third-order valence-electron chi connectivity index (χ3n) is 3.88. The molecule has 1 aliphatic heterocycles. The van der Waals surface area contributed by atoms with Gasteiger partial charge in [0.05, 0.1) is 7.11 Å². The van der Waals surface area contributed by atoms with Crippen LogP contribution >= 0.6 is 0 Å². The number of hydrogen-bond acceptors (Lipinski definition) is 8. The van der Waals surface area contributed by atoms with Crippen molar-refractivity contribution in [2.24, 2.45) is 5.92 Å². The lowest BCUT2D eigenvalue weighted by molar-refractivity contribution is 0.366. The molecule has 0 bridgehead atoms. The fraction of sp³-hybridized carbons (Fsp3) is 0.571. The van der Waals surface area contributed by atoms with Crippen LogP contribution in [-0.4, -0.2) is 40.3 Å². The summed E-state index contributed by atoms with van der Waals surface area (Å²) >= 11 is 0. The largest absolute Gasteiger partial charge is 0.490 e. The van der Waals surface area contributed by atoms with Crippen LogP contribution in [-0.2, 0) is 6.42 Å². The van der Waals surface area contributed by atoms with Crippen molar-refractivity contribution in [1.82, 2.24) is 20.1 Å². The van der Waals surface area contributed by atoms with Gasteiger partial charge in [-0.2, -0.15) is 4.98 Å². The first-order chi connectivity index (χ1) is 10.7. The molecule has 2 N–H and O–H groups in total. The lowest BCUT2D eigenvalue weighted by Crippen LogP contribution is -2.37. The molecule has 8 heteroatoms. The molecule has 3 heterocycles. The highest BCUT2D eigenvalue weighted by Crippen LogP contribution is 2.33. The monoisotopic (exact) mass is 304 g/mol. The van der Waals surface area contributed by atoms with Crippen molar-refractivity contribution in [3.05, 3.63) is 18.0 Å². The van der Waals surface area contributed by atoms with Gasteiger partial charge in [0.15, 0.2) is 17.5 Å². The van der Waals surface area contributed by atoms with Gasteiger partial charge in [0.25, 0.3) is 0 Å². The molecule has 1 atom stereocenters. The third kappa shape index (κ3) is 2.95. The number of anilines is 2. The minimum Gasteiger partial charge on any atom is -0.490 e. The number of aromatic nitrogens is 4. The molecule has 2 aromatic heterocycles. The van der Waals surface area contributed by atoms with Crippen LogP contribution in [0.3, 0.4) is 0 Å². The van der Waals surface area contributed by atoms with Crippen molar-refractivity contribution < 1.29 is 9.26 Å². The van der Waals surface area contributed by atoms with Gasteiger partial charge >= 0.3 is 0 Å². The van der Waals surface area contributed by atoms with E-state index in [0.717, 1.165) is 44.0 Å². The van der Waals surface area contributed by atoms with E-state index in [4.69, 9.17) is 15.0 Å². The summed E-state index contributed by atoms with van der Waals surface area (Å²) in [5.41, 5.74) is 5.86. The average Bonchev–Trinajstić information content (AvgIpc) is 2.92. The number of nitrogen functional groups attached to an aromatic ring is 1. The van der Waals surface area contributed by atoms with Gasteiger partial charge in [-0.1, -0.05) is 5.16 Å². The molecular formula is C14H20N6O2. The summed E-state index contributed by atoms with van der Waals surface area (Å²) in [4.78, 5) is 14.8. The Balaban J connectivity index is 1.74. The normalized spacial score (nSPS) is 18.5. The smallest absolute Gasteiger partial charge is 0.223 e. The zero-order valence-electron chi connectivity index (χ0n) is 12.8. The Bertz CT molecular complexity index is 644. The van der Waals surface area contributed by atoms with E-state index in [0.29, 0.717) is 23.4 Å². The minimum absolute atomic E-state index is 0.364. The molecule has 8 nitrogen and oxygen atoms in total. The van der Waals surface area contributed by atoms with Crippen molar-refractivity contribution >= 4 is 11.6 Å². The van der Waals surface area contributed by atoms with Gasteiger partial charge < -0.3 is 19.9 Å². The summed E-state index contributed by atoms with van der Waals surface area (Å²) in [5.74, 6) is 3.48. The van der Waals surface area contributed by atoms with Crippen LogP contribution in [0.2, 0.25) is 0 Å². The summed E-state index contributed by atoms with van der Waals surface area (Å²) in [6.07, 6.45) is 4.48. The van der Waals surface area contributed by atoms with Crippen LogP contribution < -0.4 is 15.4 Å². The molecule has 1 fully saturated rings. The zero-order chi connectivity index (χ0) is 15.5. The molecule has 118 valence electrons. The first-order valence-electron chi connectivity index (χ1n) is 7.36. The van der Waals surface area contributed by atoms with Gasteiger partial charge in [-0.3, -0.25) is 0 Å². The number of nitrogens with zero attached hydrogens (tertiary/aromatic N) is 5. The molecule has 0 saturated carbocycles. The Hall–Kier alpha value is -2.38. The number of piperidine rings is 1. The lowest BCUT2D eigenvalue weighted by atomic mass is 9.94. The van der Waals surface area contributed by atoms with Crippen LogP contribution in [0, 0.1) is 12.8 Å². The molecule has 1 saturated heterocycles. The van der Waals surface area contributed by atoms with E-state index in [-0.39, 0.29) is 0 Å². The number of methoxy groups -OCH3 is 1. The summed E-state index contributed by atoms with van der Waals surface area (Å²) in [6.45, 7) is 3.59. The first kappa shape index (κ1) is 14.6. The predicted octanol–water partition coefficient (Wildman–Crippen LogP) is 1.22. The molecule has 0 aliphatic carbocycles. The van der Waals surface area contributed by atoms with Gasteiger partial charge in [-0.15, -0.1) is 0 Å². The van der Waals surface area contributed by atoms with Crippen LogP contribution in [0.4, 0.5) is 11.6 Å². The molecule has 0 radical (unpaired) electrons. The Morgan fingerprint density at radius 3 is 3.05 bits per heavy atom. The standard InChI is InChI=1S/C14H20N6O2/c1-9-18-11(19-22-9)6-10-4-3-5-20(7-10)14-12(21-2)13(15)16-8-17-14/h8,10H,3-7H2,1-2H3,(H2,15,16,17). The maximum absolute atomic E-state index is 5.86. The highest BCUT2D eigenvalue weighted by atomic mass is 16.5. The van der Waals surface area contributed by atoms with E-state index in [9.17, 15) is 0 Å². The maximum Gasteiger partial charge on any atom is 0.223 e. The summed E-state index contributed by atoms with van der Waals surface area (Å²) < 4.78 is 10.4. The second-order valence-electron chi connectivity index (χ2n) is 5.50. The van der Waals surface area contributed by atoms with Gasteiger partial charge in [0, 0.05) is 26.4 Å². The number of rotatable bonds is 4. The molecule has 22 heavy (non-hydrogen) atoms. The predicted molar refractivity (Wildman–Crippen MR) is 80.7 cm³/mol. The van der Waals surface area contributed by atoms with Crippen molar-refractivity contribution in [3.63, 3.8) is 0 Å².